The predicted octanol–water partition coefficient (Wildman–Crippen LogP) is 1.08. The van der Waals surface area contributed by atoms with Gasteiger partial charge in [0.2, 0.25) is 0 Å². The summed E-state index contributed by atoms with van der Waals surface area (Å²) in [5, 5.41) is 2.61. The Morgan fingerprint density at radius 3 is 2.53 bits per heavy atom. The molecule has 0 radical (unpaired) electrons. The number of ether oxygens (including phenoxy) is 1. The lowest BCUT2D eigenvalue weighted by Gasteiger charge is -2.13. The van der Waals surface area contributed by atoms with Gasteiger partial charge in [0.25, 0.3) is 0 Å². The average Bonchev–Trinajstić information content (AvgIpc) is 2.35. The average molecular weight is 257 g/mol. The van der Waals surface area contributed by atoms with Crippen molar-refractivity contribution in [3.8, 4) is 0 Å². The molecule has 0 aliphatic rings. The number of hydrogen-bond donors (Lipinski definition) is 1. The minimum atomic E-state index is -3.23. The molecule has 0 saturated carbocycles. The Morgan fingerprint density at radius 1 is 1.29 bits per heavy atom. The van der Waals surface area contributed by atoms with Crippen molar-refractivity contribution in [2.75, 3.05) is 26.8 Å². The van der Waals surface area contributed by atoms with Crippen molar-refractivity contribution in [2.24, 2.45) is 0 Å². The summed E-state index contributed by atoms with van der Waals surface area (Å²) in [5.74, 6) is 0. The van der Waals surface area contributed by atoms with Crippen LogP contribution < -0.4 is 5.32 Å². The van der Waals surface area contributed by atoms with Crippen molar-refractivity contribution in [2.45, 2.75) is 17.1 Å². The maximum atomic E-state index is 12.1. The van der Waals surface area contributed by atoms with Gasteiger partial charge in [-0.25, -0.2) is 8.42 Å². The topological polar surface area (TPSA) is 55.4 Å². The summed E-state index contributed by atoms with van der Waals surface area (Å²) < 4.78 is 29.1. The molecule has 5 heteroatoms. The highest BCUT2D eigenvalue weighted by Gasteiger charge is 2.22. The lowest BCUT2D eigenvalue weighted by molar-refractivity contribution is 0.199. The zero-order valence-electron chi connectivity index (χ0n) is 10.2. The molecule has 17 heavy (non-hydrogen) atoms. The van der Waals surface area contributed by atoms with E-state index in [1.54, 1.807) is 44.4 Å². The van der Waals surface area contributed by atoms with Crippen LogP contribution in [0.4, 0.5) is 0 Å². The number of benzene rings is 1. The number of nitrogens with one attached hydrogen (secondary N) is 1. The van der Waals surface area contributed by atoms with Crippen molar-refractivity contribution < 1.29 is 13.2 Å². The van der Waals surface area contributed by atoms with Crippen LogP contribution in [0.5, 0.6) is 0 Å². The molecule has 0 aliphatic carbocycles. The van der Waals surface area contributed by atoms with E-state index in [4.69, 9.17) is 4.74 Å². The first-order valence-corrected chi connectivity index (χ1v) is 7.12. The van der Waals surface area contributed by atoms with Crippen molar-refractivity contribution >= 4 is 9.84 Å². The minimum absolute atomic E-state index is 0.376. The van der Waals surface area contributed by atoms with Crippen molar-refractivity contribution in [1.29, 1.82) is 0 Å². The van der Waals surface area contributed by atoms with Gasteiger partial charge in [0.05, 0.1) is 16.8 Å². The summed E-state index contributed by atoms with van der Waals surface area (Å²) >= 11 is 0. The van der Waals surface area contributed by atoms with E-state index in [1.165, 1.54) is 0 Å². The molecular formula is C12H19NO3S. The number of methoxy groups -OCH3 is 1. The first kappa shape index (κ1) is 14.2. The Hall–Kier alpha value is -0.910. The molecule has 1 unspecified atom stereocenters. The quantitative estimate of drug-likeness (QED) is 0.743. The number of rotatable bonds is 7. The summed E-state index contributed by atoms with van der Waals surface area (Å²) in [6, 6.07) is 8.53. The molecule has 1 aromatic rings. The van der Waals surface area contributed by atoms with Gasteiger partial charge in [-0.3, -0.25) is 0 Å². The number of sulfone groups is 1. The molecule has 0 aliphatic heterocycles. The fraction of sp³-hybridized carbons (Fsp3) is 0.500. The van der Waals surface area contributed by atoms with Gasteiger partial charge in [0.1, 0.15) is 0 Å². The third kappa shape index (κ3) is 4.11. The predicted molar refractivity (Wildman–Crippen MR) is 67.8 cm³/mol. The summed E-state index contributed by atoms with van der Waals surface area (Å²) in [7, 11) is -1.61. The number of hydrogen-bond acceptors (Lipinski definition) is 4. The SMILES string of the molecule is COCCNCC(C)S(=O)(=O)c1ccccc1. The second kappa shape index (κ2) is 6.74. The Kier molecular flexibility index (Phi) is 5.61. The fourth-order valence-electron chi connectivity index (χ4n) is 1.43. The normalized spacial score (nSPS) is 13.5. The lowest BCUT2D eigenvalue weighted by Crippen LogP contribution is -2.32. The third-order valence-electron chi connectivity index (χ3n) is 2.52. The van der Waals surface area contributed by atoms with E-state index < -0.39 is 15.1 Å². The molecular weight excluding hydrogens is 238 g/mol. The van der Waals surface area contributed by atoms with Gasteiger partial charge in [-0.2, -0.15) is 0 Å². The molecule has 0 heterocycles. The van der Waals surface area contributed by atoms with E-state index in [2.05, 4.69) is 5.32 Å². The highest BCUT2D eigenvalue weighted by atomic mass is 32.2. The van der Waals surface area contributed by atoms with Crippen LogP contribution in [-0.4, -0.2) is 40.5 Å². The molecule has 0 spiro atoms. The van der Waals surface area contributed by atoms with Gasteiger partial charge in [0.15, 0.2) is 9.84 Å². The Labute approximate surface area is 103 Å². The largest absolute Gasteiger partial charge is 0.383 e. The molecule has 0 amide bonds. The standard InChI is InChI=1S/C12H19NO3S/c1-11(10-13-8-9-16-2)17(14,15)12-6-4-3-5-7-12/h3-7,11,13H,8-10H2,1-2H3. The van der Waals surface area contributed by atoms with E-state index in [1.807, 2.05) is 0 Å². The van der Waals surface area contributed by atoms with E-state index in [0.29, 0.717) is 24.6 Å². The van der Waals surface area contributed by atoms with E-state index >= 15 is 0 Å². The van der Waals surface area contributed by atoms with Gasteiger partial charge in [-0.05, 0) is 19.1 Å². The van der Waals surface area contributed by atoms with Gasteiger partial charge in [0, 0.05) is 20.2 Å². The monoisotopic (exact) mass is 257 g/mol. The summed E-state index contributed by atoms with van der Waals surface area (Å²) in [5.41, 5.74) is 0. The molecule has 1 rings (SSSR count). The highest BCUT2D eigenvalue weighted by Crippen LogP contribution is 2.14. The Morgan fingerprint density at radius 2 is 1.94 bits per heavy atom. The van der Waals surface area contributed by atoms with Crippen molar-refractivity contribution in [3.63, 3.8) is 0 Å². The molecule has 1 aromatic carbocycles. The molecule has 4 nitrogen and oxygen atoms in total. The van der Waals surface area contributed by atoms with Crippen LogP contribution in [0.1, 0.15) is 6.92 Å². The van der Waals surface area contributed by atoms with Crippen LogP contribution in [0.25, 0.3) is 0 Å². The molecule has 1 N–H and O–H groups in total. The second-order valence-corrected chi connectivity index (χ2v) is 6.23. The minimum Gasteiger partial charge on any atom is -0.383 e. The van der Waals surface area contributed by atoms with Crippen LogP contribution in [0.2, 0.25) is 0 Å². The zero-order chi connectivity index (χ0) is 12.7. The summed E-state index contributed by atoms with van der Waals surface area (Å²) in [6.07, 6.45) is 0. The van der Waals surface area contributed by atoms with E-state index in [-0.39, 0.29) is 0 Å². The third-order valence-corrected chi connectivity index (χ3v) is 4.67. The molecule has 0 fully saturated rings. The summed E-state index contributed by atoms with van der Waals surface area (Å²) in [6.45, 7) is 3.38. The smallest absolute Gasteiger partial charge is 0.182 e. The van der Waals surface area contributed by atoms with Gasteiger partial charge < -0.3 is 10.1 Å². The van der Waals surface area contributed by atoms with Crippen molar-refractivity contribution in [1.82, 2.24) is 5.32 Å². The van der Waals surface area contributed by atoms with Gasteiger partial charge >= 0.3 is 0 Å². The van der Waals surface area contributed by atoms with E-state index in [0.717, 1.165) is 0 Å². The highest BCUT2D eigenvalue weighted by molar-refractivity contribution is 7.92. The maximum Gasteiger partial charge on any atom is 0.182 e. The van der Waals surface area contributed by atoms with Crippen LogP contribution in [0, 0.1) is 0 Å². The maximum absolute atomic E-state index is 12.1. The second-order valence-electron chi connectivity index (χ2n) is 3.87. The molecule has 0 saturated heterocycles. The first-order valence-electron chi connectivity index (χ1n) is 5.57. The lowest BCUT2D eigenvalue weighted by atomic mass is 10.4. The first-order chi connectivity index (χ1) is 8.09. The summed E-state index contributed by atoms with van der Waals surface area (Å²) in [4.78, 5) is 0.376. The molecule has 96 valence electrons. The van der Waals surface area contributed by atoms with Crippen molar-refractivity contribution in [3.05, 3.63) is 30.3 Å². The van der Waals surface area contributed by atoms with E-state index in [9.17, 15) is 8.42 Å². The molecule has 0 bridgehead atoms. The zero-order valence-corrected chi connectivity index (χ0v) is 11.0. The van der Waals surface area contributed by atoms with Gasteiger partial charge in [-0.15, -0.1) is 0 Å². The van der Waals surface area contributed by atoms with Crippen LogP contribution in [0.15, 0.2) is 35.2 Å². The van der Waals surface area contributed by atoms with Crippen LogP contribution >= 0.6 is 0 Å². The van der Waals surface area contributed by atoms with Gasteiger partial charge in [-0.1, -0.05) is 18.2 Å². The van der Waals surface area contributed by atoms with Crippen LogP contribution in [-0.2, 0) is 14.6 Å². The fourth-order valence-corrected chi connectivity index (χ4v) is 2.77. The molecule has 0 aromatic heterocycles. The Balaban J connectivity index is 2.59. The molecule has 1 atom stereocenters. The Bertz CT molecular complexity index is 417. The van der Waals surface area contributed by atoms with Crippen LogP contribution in [0.3, 0.4) is 0 Å².